The van der Waals surface area contributed by atoms with E-state index in [1.54, 1.807) is 0 Å². The second kappa shape index (κ2) is 9.89. The fourth-order valence-electron chi connectivity index (χ4n) is 7.69. The predicted octanol–water partition coefficient (Wildman–Crippen LogP) is 11.9. The van der Waals surface area contributed by atoms with Gasteiger partial charge in [0.1, 0.15) is 22.3 Å². The number of rotatable bonds is 3. The Morgan fingerprint density at radius 3 is 1.86 bits per heavy atom. The molecule has 0 spiro atoms. The third-order valence-electron chi connectivity index (χ3n) is 9.77. The fraction of sp³-hybridized carbons (Fsp3) is 0. The van der Waals surface area contributed by atoms with Crippen LogP contribution in [-0.2, 0) is 0 Å². The molecule has 0 atom stereocenters. The number of furan rings is 2. The zero-order chi connectivity index (χ0) is 32.1. The summed E-state index contributed by atoms with van der Waals surface area (Å²) in [5.41, 5.74) is 10.2. The number of para-hydroxylation sites is 4. The van der Waals surface area contributed by atoms with Crippen LogP contribution in [0.5, 0.6) is 0 Å². The van der Waals surface area contributed by atoms with Gasteiger partial charge in [-0.2, -0.15) is 0 Å². The molecule has 0 aliphatic rings. The summed E-state index contributed by atoms with van der Waals surface area (Å²) in [5.74, 6) is 0.675. The van der Waals surface area contributed by atoms with Crippen LogP contribution in [0.15, 0.2) is 160 Å². The van der Waals surface area contributed by atoms with E-state index in [1.807, 2.05) is 54.6 Å². The van der Waals surface area contributed by atoms with Crippen LogP contribution < -0.4 is 0 Å². The van der Waals surface area contributed by atoms with Crippen molar-refractivity contribution in [3.05, 3.63) is 152 Å². The molecule has 228 valence electrons. The van der Waals surface area contributed by atoms with E-state index in [-0.39, 0.29) is 0 Å². The third-order valence-corrected chi connectivity index (χ3v) is 9.77. The molecule has 11 aromatic rings. The van der Waals surface area contributed by atoms with Crippen molar-refractivity contribution < 1.29 is 8.83 Å². The van der Waals surface area contributed by atoms with Gasteiger partial charge in [-0.15, -0.1) is 0 Å². The fourth-order valence-corrected chi connectivity index (χ4v) is 7.69. The van der Waals surface area contributed by atoms with Gasteiger partial charge in [0, 0.05) is 49.1 Å². The lowest BCUT2D eigenvalue weighted by molar-refractivity contribution is 0.667. The molecule has 49 heavy (non-hydrogen) atoms. The standard InChI is InChI=1S/C44H25N3O2/c1-2-13-26(14-3-1)40-29-17-4-8-21-33(29)45-44(46-40)27-15-12-16-28(25-27)47-34-22-9-5-18-30(34)39-41(47)43-38(32-20-7-11-24-36(32)49-43)37-31-19-6-10-23-35(31)48-42(37)39/h1-25H. The Morgan fingerprint density at radius 1 is 0.449 bits per heavy atom. The largest absolute Gasteiger partial charge is 0.455 e. The van der Waals surface area contributed by atoms with Crippen LogP contribution in [0.1, 0.15) is 0 Å². The highest BCUT2D eigenvalue weighted by molar-refractivity contribution is 6.38. The molecule has 5 nitrogen and oxygen atoms in total. The van der Waals surface area contributed by atoms with Crippen molar-refractivity contribution in [3.63, 3.8) is 0 Å². The monoisotopic (exact) mass is 627 g/mol. The quantitative estimate of drug-likeness (QED) is 0.196. The summed E-state index contributed by atoms with van der Waals surface area (Å²) in [7, 11) is 0. The predicted molar refractivity (Wildman–Crippen MR) is 199 cm³/mol. The van der Waals surface area contributed by atoms with Gasteiger partial charge in [-0.25, -0.2) is 9.97 Å². The van der Waals surface area contributed by atoms with E-state index in [4.69, 9.17) is 18.8 Å². The number of nitrogens with zero attached hydrogens (tertiary/aromatic N) is 3. The maximum absolute atomic E-state index is 6.82. The minimum absolute atomic E-state index is 0.675. The van der Waals surface area contributed by atoms with Gasteiger partial charge in [0.05, 0.1) is 22.1 Å². The van der Waals surface area contributed by atoms with Crippen LogP contribution in [0.25, 0.3) is 105 Å². The van der Waals surface area contributed by atoms with Crippen molar-refractivity contribution >= 4 is 76.6 Å². The van der Waals surface area contributed by atoms with Crippen LogP contribution in [0, 0.1) is 0 Å². The number of hydrogen-bond acceptors (Lipinski definition) is 4. The van der Waals surface area contributed by atoms with E-state index < -0.39 is 0 Å². The SMILES string of the molecule is c1ccc(-c2nc(-c3cccc(-n4c5ccccc5c5c6oc7ccccc7c6c6c7ccccc7oc6c54)c3)nc3ccccc23)cc1. The Bertz CT molecular complexity index is 3110. The molecule has 11 rings (SSSR count). The molecular weight excluding hydrogens is 603 g/mol. The van der Waals surface area contributed by atoms with Crippen LogP contribution in [0.3, 0.4) is 0 Å². The molecule has 0 N–H and O–H groups in total. The maximum atomic E-state index is 6.82. The summed E-state index contributed by atoms with van der Waals surface area (Å²) in [6.45, 7) is 0. The Balaban J connectivity index is 1.26. The maximum Gasteiger partial charge on any atom is 0.160 e. The van der Waals surface area contributed by atoms with Crippen molar-refractivity contribution in [2.45, 2.75) is 0 Å². The lowest BCUT2D eigenvalue weighted by Crippen LogP contribution is -1.98. The summed E-state index contributed by atoms with van der Waals surface area (Å²) in [6.07, 6.45) is 0. The molecular formula is C44H25N3O2. The van der Waals surface area contributed by atoms with E-state index in [9.17, 15) is 0 Å². The molecule has 4 heterocycles. The van der Waals surface area contributed by atoms with Crippen LogP contribution >= 0.6 is 0 Å². The molecule has 0 bridgehead atoms. The smallest absolute Gasteiger partial charge is 0.160 e. The average Bonchev–Trinajstić information content (AvgIpc) is 3.84. The van der Waals surface area contributed by atoms with Gasteiger partial charge in [-0.3, -0.25) is 0 Å². The molecule has 0 aliphatic carbocycles. The first-order chi connectivity index (χ1) is 24.3. The summed E-state index contributed by atoms with van der Waals surface area (Å²) in [5, 5.41) is 7.45. The summed E-state index contributed by atoms with van der Waals surface area (Å²) in [4.78, 5) is 10.2. The third kappa shape index (κ3) is 3.70. The van der Waals surface area contributed by atoms with Crippen LogP contribution in [0.4, 0.5) is 0 Å². The number of fused-ring (bicyclic) bond motifs is 13. The summed E-state index contributed by atoms with van der Waals surface area (Å²) in [6, 6.07) is 52.1. The van der Waals surface area contributed by atoms with Gasteiger partial charge in [0.15, 0.2) is 11.4 Å². The Morgan fingerprint density at radius 2 is 1.06 bits per heavy atom. The molecule has 0 saturated carbocycles. The van der Waals surface area contributed by atoms with Gasteiger partial charge in [0.2, 0.25) is 0 Å². The highest BCUT2D eigenvalue weighted by atomic mass is 16.3. The van der Waals surface area contributed by atoms with Gasteiger partial charge in [0.25, 0.3) is 0 Å². The molecule has 7 aromatic carbocycles. The summed E-state index contributed by atoms with van der Waals surface area (Å²) >= 11 is 0. The van der Waals surface area contributed by atoms with Crippen LogP contribution in [0.2, 0.25) is 0 Å². The minimum Gasteiger partial charge on any atom is -0.455 e. The van der Waals surface area contributed by atoms with E-state index in [0.29, 0.717) is 5.82 Å². The normalized spacial score (nSPS) is 12.1. The second-order valence-corrected chi connectivity index (χ2v) is 12.5. The van der Waals surface area contributed by atoms with E-state index in [1.165, 1.54) is 0 Å². The molecule has 0 unspecified atom stereocenters. The number of hydrogen-bond donors (Lipinski definition) is 0. The lowest BCUT2D eigenvalue weighted by Gasteiger charge is -2.12. The first-order valence-corrected chi connectivity index (χ1v) is 16.4. The minimum atomic E-state index is 0.675. The van der Waals surface area contributed by atoms with Crippen molar-refractivity contribution in [2.24, 2.45) is 0 Å². The molecule has 5 heteroatoms. The Labute approximate surface area is 279 Å². The van der Waals surface area contributed by atoms with Crippen molar-refractivity contribution in [1.29, 1.82) is 0 Å². The molecule has 0 radical (unpaired) electrons. The highest BCUT2D eigenvalue weighted by Crippen LogP contribution is 2.48. The van der Waals surface area contributed by atoms with Gasteiger partial charge >= 0.3 is 0 Å². The highest BCUT2D eigenvalue weighted by Gasteiger charge is 2.26. The van der Waals surface area contributed by atoms with Gasteiger partial charge < -0.3 is 13.4 Å². The number of benzene rings is 7. The van der Waals surface area contributed by atoms with Crippen molar-refractivity contribution in [1.82, 2.24) is 14.5 Å². The van der Waals surface area contributed by atoms with E-state index in [0.717, 1.165) is 99.1 Å². The molecule has 0 amide bonds. The van der Waals surface area contributed by atoms with Crippen molar-refractivity contribution in [2.75, 3.05) is 0 Å². The zero-order valence-electron chi connectivity index (χ0n) is 26.1. The molecule has 0 aliphatic heterocycles. The molecule has 4 aromatic heterocycles. The molecule has 0 saturated heterocycles. The lowest BCUT2D eigenvalue weighted by atomic mass is 10.0. The summed E-state index contributed by atoms with van der Waals surface area (Å²) < 4.78 is 15.9. The van der Waals surface area contributed by atoms with Crippen molar-refractivity contribution in [3.8, 4) is 28.3 Å². The van der Waals surface area contributed by atoms with Crippen LogP contribution in [-0.4, -0.2) is 14.5 Å². The van der Waals surface area contributed by atoms with E-state index in [2.05, 4.69) is 102 Å². The average molecular weight is 628 g/mol. The Kier molecular flexibility index (Phi) is 5.32. The first-order valence-electron chi connectivity index (χ1n) is 16.4. The van der Waals surface area contributed by atoms with Gasteiger partial charge in [-0.1, -0.05) is 115 Å². The van der Waals surface area contributed by atoms with Gasteiger partial charge in [-0.05, 0) is 36.4 Å². The van der Waals surface area contributed by atoms with E-state index >= 15 is 0 Å². The zero-order valence-corrected chi connectivity index (χ0v) is 26.1. The second-order valence-electron chi connectivity index (χ2n) is 12.5. The number of aromatic nitrogens is 3. The topological polar surface area (TPSA) is 57.0 Å². The first kappa shape index (κ1) is 26.4. The Hall–Kier alpha value is -6.72. The molecule has 0 fully saturated rings.